The van der Waals surface area contributed by atoms with Gasteiger partial charge >= 0.3 is 5.97 Å². The van der Waals surface area contributed by atoms with Crippen LogP contribution in [0, 0.1) is 10.1 Å². The van der Waals surface area contributed by atoms with Gasteiger partial charge in [-0.25, -0.2) is 0 Å². The van der Waals surface area contributed by atoms with Gasteiger partial charge in [0, 0.05) is 17.8 Å². The molecule has 0 aliphatic carbocycles. The number of carbonyl (C=O) groups excluding carboxylic acids is 3. The van der Waals surface area contributed by atoms with Crippen LogP contribution in [0.4, 0.5) is 17.1 Å². The normalized spacial score (nSPS) is 15.9. The van der Waals surface area contributed by atoms with E-state index in [9.17, 15) is 24.5 Å². The first-order valence-corrected chi connectivity index (χ1v) is 8.65. The monoisotopic (exact) mass is 399 g/mol. The number of amides is 2. The number of hydrogen-bond donors (Lipinski definition) is 2. The summed E-state index contributed by atoms with van der Waals surface area (Å²) in [5.74, 6) is -1.53. The molecule has 2 amide bonds. The van der Waals surface area contributed by atoms with Crippen molar-refractivity contribution in [1.82, 2.24) is 0 Å². The van der Waals surface area contributed by atoms with E-state index in [4.69, 9.17) is 9.47 Å². The Morgan fingerprint density at radius 1 is 1.28 bits per heavy atom. The zero-order valence-corrected chi connectivity index (χ0v) is 15.3. The highest BCUT2D eigenvalue weighted by Gasteiger charge is 2.31. The number of hydrogen-bond acceptors (Lipinski definition) is 7. The van der Waals surface area contributed by atoms with Crippen molar-refractivity contribution in [2.75, 3.05) is 10.6 Å². The molecule has 10 nitrogen and oxygen atoms in total. The molecule has 29 heavy (non-hydrogen) atoms. The van der Waals surface area contributed by atoms with Crippen LogP contribution in [0.3, 0.4) is 0 Å². The maximum Gasteiger partial charge on any atom is 0.310 e. The first-order chi connectivity index (χ1) is 13.8. The van der Waals surface area contributed by atoms with Crippen LogP contribution in [0.25, 0.3) is 0 Å². The van der Waals surface area contributed by atoms with Gasteiger partial charge in [0.2, 0.25) is 0 Å². The summed E-state index contributed by atoms with van der Waals surface area (Å²) in [6, 6.07) is 12.1. The van der Waals surface area contributed by atoms with E-state index in [0.717, 1.165) is 0 Å². The Morgan fingerprint density at radius 2 is 2.03 bits per heavy atom. The highest BCUT2D eigenvalue weighted by atomic mass is 16.6. The predicted molar refractivity (Wildman–Crippen MR) is 101 cm³/mol. The molecule has 0 radical (unpaired) electrons. The third-order valence-electron chi connectivity index (χ3n) is 4.06. The van der Waals surface area contributed by atoms with Crippen molar-refractivity contribution in [2.24, 2.45) is 0 Å². The van der Waals surface area contributed by atoms with E-state index in [1.54, 1.807) is 24.3 Å². The van der Waals surface area contributed by atoms with Gasteiger partial charge in [-0.15, -0.1) is 0 Å². The van der Waals surface area contributed by atoms with Gasteiger partial charge in [0.1, 0.15) is 5.75 Å². The first-order valence-electron chi connectivity index (χ1n) is 8.65. The number of anilines is 2. The first kappa shape index (κ1) is 19.8. The summed E-state index contributed by atoms with van der Waals surface area (Å²) in [6.45, 7) is 1.35. The molecule has 1 heterocycles. The van der Waals surface area contributed by atoms with E-state index in [-0.39, 0.29) is 17.8 Å². The quantitative estimate of drug-likeness (QED) is 0.432. The molecule has 0 spiro atoms. The van der Waals surface area contributed by atoms with Crippen molar-refractivity contribution < 1.29 is 28.8 Å². The standard InChI is InChI=1S/C19H17N3O7/c1-11(18(24)20-12-5-4-6-13(9-12)22(26)27)28-17(23)10-16-19(25)21-14-7-2-3-8-15(14)29-16/h2-9,11,16H,10H2,1H3,(H,20,24)(H,21,25)/t11-,16+/m0/s1. The minimum atomic E-state index is -1.18. The number of nitro benzene ring substituents is 1. The Hall–Kier alpha value is -3.95. The Bertz CT molecular complexity index is 976. The fraction of sp³-hybridized carbons (Fsp3) is 0.211. The molecular formula is C19H17N3O7. The van der Waals surface area contributed by atoms with E-state index >= 15 is 0 Å². The predicted octanol–water partition coefficient (Wildman–Crippen LogP) is 2.25. The number of non-ortho nitro benzene ring substituents is 1. The van der Waals surface area contributed by atoms with Gasteiger partial charge in [-0.3, -0.25) is 24.5 Å². The van der Waals surface area contributed by atoms with Crippen LogP contribution in [0.2, 0.25) is 0 Å². The van der Waals surface area contributed by atoms with Crippen molar-refractivity contribution in [3.63, 3.8) is 0 Å². The fourth-order valence-electron chi connectivity index (χ4n) is 2.62. The lowest BCUT2D eigenvalue weighted by atomic mass is 10.1. The second kappa shape index (κ2) is 8.38. The smallest absolute Gasteiger partial charge is 0.310 e. The third-order valence-corrected chi connectivity index (χ3v) is 4.06. The zero-order valence-electron chi connectivity index (χ0n) is 15.3. The number of nitrogens with one attached hydrogen (secondary N) is 2. The molecule has 10 heteroatoms. The summed E-state index contributed by atoms with van der Waals surface area (Å²) in [5, 5.41) is 15.9. The Morgan fingerprint density at radius 3 is 2.79 bits per heavy atom. The van der Waals surface area contributed by atoms with Crippen LogP contribution in [0.15, 0.2) is 48.5 Å². The highest BCUT2D eigenvalue weighted by molar-refractivity contribution is 6.00. The van der Waals surface area contributed by atoms with E-state index in [2.05, 4.69) is 10.6 Å². The molecule has 0 aromatic heterocycles. The minimum absolute atomic E-state index is 0.187. The molecule has 150 valence electrons. The number of para-hydroxylation sites is 2. The van der Waals surface area contributed by atoms with Crippen LogP contribution in [0.5, 0.6) is 5.75 Å². The molecule has 1 aliphatic heterocycles. The fourth-order valence-corrected chi connectivity index (χ4v) is 2.62. The van der Waals surface area contributed by atoms with Gasteiger partial charge in [0.15, 0.2) is 12.2 Å². The Balaban J connectivity index is 1.55. The number of nitro groups is 1. The minimum Gasteiger partial charge on any atom is -0.478 e. The third kappa shape index (κ3) is 4.86. The average Bonchev–Trinajstić information content (AvgIpc) is 2.68. The molecule has 2 N–H and O–H groups in total. The van der Waals surface area contributed by atoms with Gasteiger partial charge < -0.3 is 20.1 Å². The molecule has 0 bridgehead atoms. The van der Waals surface area contributed by atoms with Crippen molar-refractivity contribution in [3.8, 4) is 5.75 Å². The number of fused-ring (bicyclic) bond motifs is 1. The van der Waals surface area contributed by atoms with E-state index in [0.29, 0.717) is 11.4 Å². The second-order valence-corrected chi connectivity index (χ2v) is 6.22. The zero-order chi connectivity index (χ0) is 21.0. The lowest BCUT2D eigenvalue weighted by molar-refractivity contribution is -0.384. The van der Waals surface area contributed by atoms with Gasteiger partial charge in [-0.1, -0.05) is 18.2 Å². The van der Waals surface area contributed by atoms with Gasteiger partial charge in [-0.05, 0) is 25.1 Å². The van der Waals surface area contributed by atoms with Crippen molar-refractivity contribution in [2.45, 2.75) is 25.6 Å². The van der Waals surface area contributed by atoms with Crippen molar-refractivity contribution >= 4 is 34.8 Å². The average molecular weight is 399 g/mol. The van der Waals surface area contributed by atoms with Crippen molar-refractivity contribution in [3.05, 3.63) is 58.6 Å². The van der Waals surface area contributed by atoms with Crippen LogP contribution in [0.1, 0.15) is 13.3 Å². The maximum absolute atomic E-state index is 12.2. The summed E-state index contributed by atoms with van der Waals surface area (Å²) < 4.78 is 10.6. The van der Waals surface area contributed by atoms with Crippen LogP contribution >= 0.6 is 0 Å². The molecule has 2 atom stereocenters. The van der Waals surface area contributed by atoms with Gasteiger partial charge in [0.05, 0.1) is 17.0 Å². The lowest BCUT2D eigenvalue weighted by Crippen LogP contribution is -2.40. The van der Waals surface area contributed by atoms with E-state index < -0.39 is 34.9 Å². The summed E-state index contributed by atoms with van der Waals surface area (Å²) in [5.41, 5.74) is 0.513. The van der Waals surface area contributed by atoms with E-state index in [1.165, 1.54) is 31.2 Å². The molecule has 0 saturated carbocycles. The molecular weight excluding hydrogens is 382 g/mol. The number of carbonyl (C=O) groups is 3. The molecule has 3 rings (SSSR count). The number of rotatable bonds is 6. The lowest BCUT2D eigenvalue weighted by Gasteiger charge is -2.25. The van der Waals surface area contributed by atoms with E-state index in [1.807, 2.05) is 0 Å². The van der Waals surface area contributed by atoms with Gasteiger partial charge in [-0.2, -0.15) is 0 Å². The summed E-state index contributed by atoms with van der Waals surface area (Å²) in [7, 11) is 0. The molecule has 0 saturated heterocycles. The second-order valence-electron chi connectivity index (χ2n) is 6.22. The van der Waals surface area contributed by atoms with Crippen molar-refractivity contribution in [1.29, 1.82) is 0 Å². The molecule has 0 fully saturated rings. The molecule has 0 unspecified atom stereocenters. The number of ether oxygens (including phenoxy) is 2. The molecule has 1 aliphatic rings. The highest BCUT2D eigenvalue weighted by Crippen LogP contribution is 2.29. The molecule has 2 aromatic rings. The van der Waals surface area contributed by atoms with Crippen LogP contribution < -0.4 is 15.4 Å². The number of esters is 1. The molecule has 2 aromatic carbocycles. The summed E-state index contributed by atoms with van der Waals surface area (Å²) >= 11 is 0. The number of benzene rings is 2. The summed E-state index contributed by atoms with van der Waals surface area (Å²) in [6.07, 6.45) is -2.64. The van der Waals surface area contributed by atoms with Gasteiger partial charge in [0.25, 0.3) is 17.5 Å². The summed E-state index contributed by atoms with van der Waals surface area (Å²) in [4.78, 5) is 46.6. The van der Waals surface area contributed by atoms with Crippen LogP contribution in [-0.4, -0.2) is 34.9 Å². The van der Waals surface area contributed by atoms with Crippen LogP contribution in [-0.2, 0) is 19.1 Å². The largest absolute Gasteiger partial charge is 0.478 e. The SMILES string of the molecule is C[C@H](OC(=O)C[C@H]1Oc2ccccc2NC1=O)C(=O)Nc1cccc([N+](=O)[O-])c1. The maximum atomic E-state index is 12.2. The Labute approximate surface area is 165 Å². The number of nitrogens with zero attached hydrogens (tertiary/aromatic N) is 1. The Kier molecular flexibility index (Phi) is 5.72. The topological polar surface area (TPSA) is 137 Å².